The third-order valence-corrected chi connectivity index (χ3v) is 4.38. The number of amides is 2. The summed E-state index contributed by atoms with van der Waals surface area (Å²) < 4.78 is 5.74. The van der Waals surface area contributed by atoms with Crippen LogP contribution in [0.25, 0.3) is 0 Å². The number of fused-ring (bicyclic) bond motifs is 1. The predicted octanol–water partition coefficient (Wildman–Crippen LogP) is 2.31. The number of hydrogen-bond donors (Lipinski definition) is 0. The van der Waals surface area contributed by atoms with Gasteiger partial charge in [-0.25, -0.2) is 9.63 Å². The lowest BCUT2D eigenvalue weighted by Gasteiger charge is -2.37. The van der Waals surface area contributed by atoms with Gasteiger partial charge in [0.25, 0.3) is 0 Å². The van der Waals surface area contributed by atoms with Crippen molar-refractivity contribution in [1.29, 1.82) is 0 Å². The molecule has 2 amide bonds. The number of morpholine rings is 1. The number of hydrogen-bond acceptors (Lipinski definition) is 3. The van der Waals surface area contributed by atoms with E-state index in [9.17, 15) is 4.79 Å². The van der Waals surface area contributed by atoms with Crippen LogP contribution in [0.2, 0.25) is 0 Å². The molecule has 3 aliphatic rings. The summed E-state index contributed by atoms with van der Waals surface area (Å²) in [4.78, 5) is 20.0. The van der Waals surface area contributed by atoms with Gasteiger partial charge in [0.05, 0.1) is 18.8 Å². The molecule has 5 nitrogen and oxygen atoms in total. The number of ether oxygens (including phenoxy) is 1. The molecule has 106 valence electrons. The molecule has 0 spiro atoms. The van der Waals surface area contributed by atoms with Gasteiger partial charge < -0.3 is 9.64 Å². The van der Waals surface area contributed by atoms with Crippen LogP contribution >= 0.6 is 0 Å². The average Bonchev–Trinajstić information content (AvgIpc) is 3.16. The minimum absolute atomic E-state index is 0.0148. The first-order valence-corrected chi connectivity index (χ1v) is 7.28. The fourth-order valence-electron chi connectivity index (χ4n) is 3.33. The SMILES string of the molecule is O=C(N1CCOC2CCCC21)N1OC1c1ccccc1. The molecule has 2 heterocycles. The van der Waals surface area contributed by atoms with E-state index in [4.69, 9.17) is 9.57 Å². The molecule has 1 aromatic carbocycles. The third-order valence-electron chi connectivity index (χ3n) is 4.38. The van der Waals surface area contributed by atoms with E-state index in [0.29, 0.717) is 13.2 Å². The van der Waals surface area contributed by atoms with Gasteiger partial charge in [0.2, 0.25) is 6.23 Å². The van der Waals surface area contributed by atoms with Crippen molar-refractivity contribution in [3.8, 4) is 0 Å². The van der Waals surface area contributed by atoms with Crippen LogP contribution in [0.15, 0.2) is 30.3 Å². The van der Waals surface area contributed by atoms with Crippen LogP contribution in [0, 0.1) is 0 Å². The van der Waals surface area contributed by atoms with Gasteiger partial charge in [0, 0.05) is 12.1 Å². The second-order valence-corrected chi connectivity index (χ2v) is 5.58. The van der Waals surface area contributed by atoms with Crippen molar-refractivity contribution in [2.75, 3.05) is 13.2 Å². The molecule has 1 aromatic rings. The first-order chi connectivity index (χ1) is 9.84. The molecule has 5 heteroatoms. The van der Waals surface area contributed by atoms with Gasteiger partial charge in [0.15, 0.2) is 0 Å². The van der Waals surface area contributed by atoms with Crippen LogP contribution < -0.4 is 0 Å². The number of nitrogens with zero attached hydrogens (tertiary/aromatic N) is 2. The third kappa shape index (κ3) is 1.98. The van der Waals surface area contributed by atoms with E-state index in [1.54, 1.807) is 0 Å². The Bertz CT molecular complexity index is 507. The lowest BCUT2D eigenvalue weighted by atomic mass is 10.1. The van der Waals surface area contributed by atoms with Crippen molar-refractivity contribution in [2.45, 2.75) is 37.6 Å². The molecule has 0 N–H and O–H groups in total. The van der Waals surface area contributed by atoms with Crippen molar-refractivity contribution in [1.82, 2.24) is 9.96 Å². The Balaban J connectivity index is 1.46. The largest absolute Gasteiger partial charge is 0.374 e. The average molecular weight is 274 g/mol. The Hall–Kier alpha value is -1.59. The van der Waals surface area contributed by atoms with Gasteiger partial charge in [-0.3, -0.25) is 0 Å². The molecular formula is C15H18N2O3. The normalized spacial score (nSPS) is 32.1. The molecule has 2 saturated heterocycles. The van der Waals surface area contributed by atoms with Crippen molar-refractivity contribution < 1.29 is 14.4 Å². The summed E-state index contributed by atoms with van der Waals surface area (Å²) in [6.07, 6.45) is 3.26. The van der Waals surface area contributed by atoms with Crippen LogP contribution in [-0.2, 0) is 9.57 Å². The number of rotatable bonds is 1. The molecule has 2 aliphatic heterocycles. The van der Waals surface area contributed by atoms with Gasteiger partial charge in [-0.1, -0.05) is 30.3 Å². The second kappa shape index (κ2) is 4.75. The number of hydroxylamine groups is 2. The number of carbonyl (C=O) groups is 1. The summed E-state index contributed by atoms with van der Waals surface area (Å²) in [6.45, 7) is 1.30. The highest BCUT2D eigenvalue weighted by Gasteiger charge is 2.48. The molecule has 0 radical (unpaired) electrons. The topological polar surface area (TPSA) is 45.1 Å². The van der Waals surface area contributed by atoms with Crippen LogP contribution in [0.1, 0.15) is 31.1 Å². The lowest BCUT2D eigenvalue weighted by Crippen LogP contribution is -2.52. The second-order valence-electron chi connectivity index (χ2n) is 5.58. The monoisotopic (exact) mass is 274 g/mol. The van der Waals surface area contributed by atoms with Crippen LogP contribution in [0.5, 0.6) is 0 Å². The summed E-state index contributed by atoms with van der Waals surface area (Å²) >= 11 is 0. The molecular weight excluding hydrogens is 256 g/mol. The number of benzene rings is 1. The zero-order valence-electron chi connectivity index (χ0n) is 11.3. The van der Waals surface area contributed by atoms with E-state index in [2.05, 4.69) is 0 Å². The molecule has 4 rings (SSSR count). The molecule has 20 heavy (non-hydrogen) atoms. The van der Waals surface area contributed by atoms with Gasteiger partial charge in [-0.2, -0.15) is 5.06 Å². The maximum absolute atomic E-state index is 12.6. The first-order valence-electron chi connectivity index (χ1n) is 7.28. The highest BCUT2D eigenvalue weighted by Crippen LogP contribution is 2.39. The van der Waals surface area contributed by atoms with E-state index >= 15 is 0 Å². The van der Waals surface area contributed by atoms with Gasteiger partial charge in [-0.05, 0) is 19.3 Å². The fourth-order valence-corrected chi connectivity index (χ4v) is 3.33. The highest BCUT2D eigenvalue weighted by atomic mass is 16.8. The summed E-state index contributed by atoms with van der Waals surface area (Å²) in [5, 5.41) is 1.48. The molecule has 3 atom stereocenters. The number of urea groups is 1. The van der Waals surface area contributed by atoms with Crippen molar-refractivity contribution in [3.63, 3.8) is 0 Å². The Morgan fingerprint density at radius 2 is 2.05 bits per heavy atom. The molecule has 3 fully saturated rings. The van der Waals surface area contributed by atoms with Crippen molar-refractivity contribution >= 4 is 6.03 Å². The zero-order chi connectivity index (χ0) is 13.5. The molecule has 1 aliphatic carbocycles. The quantitative estimate of drug-likeness (QED) is 0.738. The zero-order valence-corrected chi connectivity index (χ0v) is 11.3. The standard InChI is InChI=1S/C15H18N2O3/c18-15(16-9-10-19-13-8-4-7-12(13)16)17-14(20-17)11-5-2-1-3-6-11/h1-3,5-6,12-14H,4,7-10H2. The Labute approximate surface area is 118 Å². The van der Waals surface area contributed by atoms with E-state index in [1.807, 2.05) is 35.2 Å². The Morgan fingerprint density at radius 3 is 2.90 bits per heavy atom. The van der Waals surface area contributed by atoms with Gasteiger partial charge in [-0.15, -0.1) is 0 Å². The minimum Gasteiger partial charge on any atom is -0.374 e. The lowest BCUT2D eigenvalue weighted by molar-refractivity contribution is -0.0439. The van der Waals surface area contributed by atoms with Gasteiger partial charge >= 0.3 is 6.03 Å². The van der Waals surface area contributed by atoms with E-state index < -0.39 is 0 Å². The maximum atomic E-state index is 12.6. The smallest absolute Gasteiger partial charge is 0.347 e. The fraction of sp³-hybridized carbons (Fsp3) is 0.533. The summed E-state index contributed by atoms with van der Waals surface area (Å²) in [6, 6.07) is 10.1. The van der Waals surface area contributed by atoms with Crippen molar-refractivity contribution in [3.05, 3.63) is 35.9 Å². The number of carbonyl (C=O) groups excluding carboxylic acids is 1. The van der Waals surface area contributed by atoms with Crippen LogP contribution in [0.4, 0.5) is 4.79 Å². The molecule has 1 saturated carbocycles. The summed E-state index contributed by atoms with van der Waals surface area (Å²) in [5.41, 5.74) is 1.03. The predicted molar refractivity (Wildman–Crippen MR) is 71.6 cm³/mol. The minimum atomic E-state index is -0.216. The summed E-state index contributed by atoms with van der Waals surface area (Å²) in [7, 11) is 0. The Kier molecular flexibility index (Phi) is 2.89. The highest BCUT2D eigenvalue weighted by molar-refractivity contribution is 5.76. The molecule has 0 aromatic heterocycles. The van der Waals surface area contributed by atoms with Crippen LogP contribution in [-0.4, -0.2) is 41.3 Å². The first kappa shape index (κ1) is 12.2. The van der Waals surface area contributed by atoms with Gasteiger partial charge in [0.1, 0.15) is 0 Å². The summed E-state index contributed by atoms with van der Waals surface area (Å²) in [5.74, 6) is 0. The van der Waals surface area contributed by atoms with E-state index in [-0.39, 0.29) is 24.4 Å². The van der Waals surface area contributed by atoms with E-state index in [0.717, 1.165) is 24.8 Å². The Morgan fingerprint density at radius 1 is 1.20 bits per heavy atom. The van der Waals surface area contributed by atoms with E-state index in [1.165, 1.54) is 5.06 Å². The molecule has 0 bridgehead atoms. The molecule has 3 unspecified atom stereocenters. The van der Waals surface area contributed by atoms with Crippen LogP contribution in [0.3, 0.4) is 0 Å². The van der Waals surface area contributed by atoms with Crippen molar-refractivity contribution in [2.24, 2.45) is 0 Å². The maximum Gasteiger partial charge on any atom is 0.347 e.